The van der Waals surface area contributed by atoms with Crippen LogP contribution in [-0.4, -0.2) is 25.0 Å². The van der Waals surface area contributed by atoms with Gasteiger partial charge in [-0.2, -0.15) is 0 Å². The van der Waals surface area contributed by atoms with Crippen LogP contribution in [0.5, 0.6) is 5.75 Å². The second-order valence-electron chi connectivity index (χ2n) is 5.55. The zero-order valence-corrected chi connectivity index (χ0v) is 14.0. The van der Waals surface area contributed by atoms with Crippen molar-refractivity contribution in [2.45, 2.75) is 6.92 Å². The molecule has 0 saturated carbocycles. The van der Waals surface area contributed by atoms with Gasteiger partial charge in [-0.15, -0.1) is 0 Å². The lowest BCUT2D eigenvalue weighted by Gasteiger charge is -2.14. The van der Waals surface area contributed by atoms with Crippen LogP contribution in [0.3, 0.4) is 0 Å². The van der Waals surface area contributed by atoms with E-state index in [4.69, 9.17) is 10.5 Å². The van der Waals surface area contributed by atoms with E-state index in [0.29, 0.717) is 23.7 Å². The largest absolute Gasteiger partial charge is 0.487 e. The van der Waals surface area contributed by atoms with E-state index in [2.05, 4.69) is 17.2 Å². The average molecular weight is 339 g/mol. The Hall–Kier alpha value is -3.28. The van der Waals surface area contributed by atoms with E-state index in [1.165, 1.54) is 0 Å². The van der Waals surface area contributed by atoms with Gasteiger partial charge in [0.15, 0.2) is 0 Å². The van der Waals surface area contributed by atoms with E-state index in [-0.39, 0.29) is 18.0 Å². The van der Waals surface area contributed by atoms with Gasteiger partial charge in [-0.1, -0.05) is 30.8 Å². The Labute approximate surface area is 146 Å². The van der Waals surface area contributed by atoms with Crippen LogP contribution in [0, 0.1) is 0 Å². The molecule has 0 radical (unpaired) electrons. The predicted molar refractivity (Wildman–Crippen MR) is 98.8 cm³/mol. The topological polar surface area (TPSA) is 93.4 Å². The van der Waals surface area contributed by atoms with Crippen LogP contribution in [0.25, 0.3) is 0 Å². The van der Waals surface area contributed by atoms with Crippen LogP contribution in [0.2, 0.25) is 0 Å². The van der Waals surface area contributed by atoms with Crippen LogP contribution in [0.15, 0.2) is 60.7 Å². The fourth-order valence-corrected chi connectivity index (χ4v) is 2.12. The normalized spacial score (nSPS) is 9.96. The third-order valence-electron chi connectivity index (χ3n) is 3.27. The van der Waals surface area contributed by atoms with Gasteiger partial charge in [-0.05, 0) is 36.8 Å². The van der Waals surface area contributed by atoms with Gasteiger partial charge in [-0.3, -0.25) is 9.59 Å². The number of nitrogens with two attached hydrogens (primary N) is 1. The zero-order chi connectivity index (χ0) is 18.2. The number of primary amides is 1. The van der Waals surface area contributed by atoms with Crippen LogP contribution in [0.4, 0.5) is 11.4 Å². The molecule has 0 saturated heterocycles. The van der Waals surface area contributed by atoms with E-state index < -0.39 is 5.91 Å². The lowest BCUT2D eigenvalue weighted by atomic mass is 10.1. The number of benzene rings is 2. The summed E-state index contributed by atoms with van der Waals surface area (Å²) in [4.78, 5) is 23.5. The van der Waals surface area contributed by atoms with Crippen molar-refractivity contribution in [3.8, 4) is 5.75 Å². The minimum atomic E-state index is -0.595. The fraction of sp³-hybridized carbons (Fsp3) is 0.158. The first-order valence-electron chi connectivity index (χ1n) is 7.76. The number of hydrogen-bond acceptors (Lipinski definition) is 4. The number of ether oxygens (including phenoxy) is 1. The molecule has 2 amide bonds. The molecule has 2 aromatic rings. The summed E-state index contributed by atoms with van der Waals surface area (Å²) in [6, 6.07) is 13.9. The van der Waals surface area contributed by atoms with Crippen molar-refractivity contribution in [3.63, 3.8) is 0 Å². The van der Waals surface area contributed by atoms with Crippen molar-refractivity contribution < 1.29 is 14.3 Å². The van der Waals surface area contributed by atoms with E-state index in [0.717, 1.165) is 5.57 Å². The Balaban J connectivity index is 1.99. The van der Waals surface area contributed by atoms with Gasteiger partial charge in [0, 0.05) is 0 Å². The molecule has 0 aromatic heterocycles. The highest BCUT2D eigenvalue weighted by Crippen LogP contribution is 2.24. The second-order valence-corrected chi connectivity index (χ2v) is 5.55. The Morgan fingerprint density at radius 3 is 2.40 bits per heavy atom. The molecule has 0 aliphatic rings. The molecular formula is C19H21N3O3. The van der Waals surface area contributed by atoms with Crippen molar-refractivity contribution in [3.05, 3.63) is 66.2 Å². The molecule has 0 unspecified atom stereocenters. The van der Waals surface area contributed by atoms with Gasteiger partial charge in [-0.25, -0.2) is 0 Å². The molecule has 2 aromatic carbocycles. The van der Waals surface area contributed by atoms with Gasteiger partial charge in [0.05, 0.1) is 23.5 Å². The fourth-order valence-electron chi connectivity index (χ4n) is 2.12. The summed E-state index contributed by atoms with van der Waals surface area (Å²) in [5.74, 6) is -0.262. The van der Waals surface area contributed by atoms with E-state index in [9.17, 15) is 9.59 Å². The summed E-state index contributed by atoms with van der Waals surface area (Å²) in [7, 11) is 0. The standard InChI is InChI=1S/C19H21N3O3/c1-13(2)12-25-17-10-6-5-9-16(17)21-11-18(23)22-15-8-4-3-7-14(15)19(20)24/h3-10,21H,1,11-12H2,2H3,(H2,20,24)(H,22,23). The Kier molecular flexibility index (Phi) is 6.17. The average Bonchev–Trinajstić information content (AvgIpc) is 2.59. The quantitative estimate of drug-likeness (QED) is 0.645. The maximum absolute atomic E-state index is 12.2. The summed E-state index contributed by atoms with van der Waals surface area (Å²) in [5, 5.41) is 5.70. The lowest BCUT2D eigenvalue weighted by molar-refractivity contribution is -0.114. The zero-order valence-electron chi connectivity index (χ0n) is 14.0. The van der Waals surface area contributed by atoms with Gasteiger partial charge in [0.25, 0.3) is 5.91 Å². The van der Waals surface area contributed by atoms with Crippen molar-refractivity contribution in [1.29, 1.82) is 0 Å². The first-order valence-corrected chi connectivity index (χ1v) is 7.76. The number of nitrogens with one attached hydrogen (secondary N) is 2. The van der Waals surface area contributed by atoms with Gasteiger partial charge >= 0.3 is 0 Å². The number of hydrogen-bond donors (Lipinski definition) is 3. The van der Waals surface area contributed by atoms with Gasteiger partial charge in [0.2, 0.25) is 5.91 Å². The first-order chi connectivity index (χ1) is 12.0. The molecule has 4 N–H and O–H groups in total. The first kappa shape index (κ1) is 18.1. The van der Waals surface area contributed by atoms with E-state index >= 15 is 0 Å². The Morgan fingerprint density at radius 2 is 1.72 bits per heavy atom. The molecule has 25 heavy (non-hydrogen) atoms. The van der Waals surface area contributed by atoms with Gasteiger partial charge < -0.3 is 21.1 Å². The summed E-state index contributed by atoms with van der Waals surface area (Å²) < 4.78 is 5.64. The van der Waals surface area contributed by atoms with E-state index in [1.807, 2.05) is 31.2 Å². The summed E-state index contributed by atoms with van der Waals surface area (Å²) >= 11 is 0. The molecule has 0 atom stereocenters. The van der Waals surface area contributed by atoms with E-state index in [1.54, 1.807) is 24.3 Å². The predicted octanol–water partition coefficient (Wildman–Crippen LogP) is 2.79. The Morgan fingerprint density at radius 1 is 1.08 bits per heavy atom. The number of amides is 2. The van der Waals surface area contributed by atoms with Crippen molar-refractivity contribution in [2.75, 3.05) is 23.8 Å². The maximum Gasteiger partial charge on any atom is 0.250 e. The third-order valence-corrected chi connectivity index (χ3v) is 3.27. The highest BCUT2D eigenvalue weighted by molar-refractivity contribution is 6.03. The molecular weight excluding hydrogens is 318 g/mol. The number of para-hydroxylation sites is 3. The maximum atomic E-state index is 12.2. The SMILES string of the molecule is C=C(C)COc1ccccc1NCC(=O)Nc1ccccc1C(N)=O. The van der Waals surface area contributed by atoms with Crippen molar-refractivity contribution >= 4 is 23.2 Å². The monoisotopic (exact) mass is 339 g/mol. The minimum absolute atomic E-state index is 0.0144. The number of carbonyl (C=O) groups is 2. The van der Waals surface area contributed by atoms with Crippen LogP contribution >= 0.6 is 0 Å². The van der Waals surface area contributed by atoms with Crippen LogP contribution < -0.4 is 21.1 Å². The minimum Gasteiger partial charge on any atom is -0.487 e. The summed E-state index contributed by atoms with van der Waals surface area (Å²) in [6.45, 7) is 6.08. The number of carbonyl (C=O) groups excluding carboxylic acids is 2. The third kappa shape index (κ3) is 5.39. The molecule has 0 aliphatic heterocycles. The second kappa shape index (κ2) is 8.54. The van der Waals surface area contributed by atoms with Gasteiger partial charge in [0.1, 0.15) is 12.4 Å². The van der Waals surface area contributed by atoms with Crippen molar-refractivity contribution in [2.24, 2.45) is 5.73 Å². The smallest absolute Gasteiger partial charge is 0.250 e. The molecule has 0 heterocycles. The molecule has 0 spiro atoms. The lowest BCUT2D eigenvalue weighted by Crippen LogP contribution is -2.24. The summed E-state index contributed by atoms with van der Waals surface area (Å²) in [5.41, 5.74) is 7.55. The molecule has 130 valence electrons. The van der Waals surface area contributed by atoms with Crippen LogP contribution in [-0.2, 0) is 4.79 Å². The van der Waals surface area contributed by atoms with Crippen molar-refractivity contribution in [1.82, 2.24) is 0 Å². The molecule has 0 aliphatic carbocycles. The molecule has 6 nitrogen and oxygen atoms in total. The highest BCUT2D eigenvalue weighted by atomic mass is 16.5. The molecule has 2 rings (SSSR count). The Bertz CT molecular complexity index is 787. The highest BCUT2D eigenvalue weighted by Gasteiger charge is 2.11. The molecule has 0 bridgehead atoms. The molecule has 6 heteroatoms. The summed E-state index contributed by atoms with van der Waals surface area (Å²) in [6.07, 6.45) is 0. The molecule has 0 fully saturated rings. The number of rotatable bonds is 8. The number of anilines is 2. The van der Waals surface area contributed by atoms with Crippen LogP contribution in [0.1, 0.15) is 17.3 Å².